The van der Waals surface area contributed by atoms with E-state index in [0.717, 1.165) is 40.5 Å². The Morgan fingerprint density at radius 3 is 2.33 bits per heavy atom. The van der Waals surface area contributed by atoms with Crippen molar-refractivity contribution in [1.29, 1.82) is 0 Å². The van der Waals surface area contributed by atoms with E-state index in [1.807, 2.05) is 43.3 Å². The zero-order valence-corrected chi connectivity index (χ0v) is 14.0. The van der Waals surface area contributed by atoms with Crippen LogP contribution in [0.15, 0.2) is 65.7 Å². The number of methoxy groups -OCH3 is 1. The molecule has 0 aromatic heterocycles. The minimum absolute atomic E-state index is 0.686. The second-order valence-corrected chi connectivity index (χ2v) is 5.46. The van der Waals surface area contributed by atoms with Gasteiger partial charge in [-0.05, 0) is 55.0 Å². The highest BCUT2D eigenvalue weighted by atomic mass is 16.5. The highest BCUT2D eigenvalue weighted by molar-refractivity contribution is 6.05. The molecule has 0 bridgehead atoms. The fourth-order valence-corrected chi connectivity index (χ4v) is 2.53. The van der Waals surface area contributed by atoms with E-state index in [0.29, 0.717) is 6.61 Å². The van der Waals surface area contributed by atoms with E-state index < -0.39 is 0 Å². The molecule has 0 saturated carbocycles. The van der Waals surface area contributed by atoms with Crippen LogP contribution in [0.3, 0.4) is 0 Å². The first-order valence-corrected chi connectivity index (χ1v) is 8.11. The van der Waals surface area contributed by atoms with Crippen molar-refractivity contribution in [2.45, 2.75) is 13.3 Å². The van der Waals surface area contributed by atoms with Crippen LogP contribution in [0.1, 0.15) is 24.5 Å². The molecule has 0 saturated heterocycles. The predicted octanol–water partition coefficient (Wildman–Crippen LogP) is 4.99. The SMILES string of the molecule is CCOc1ccc(/C=C/C2=NC(c3ccc(OC)cc3)=CC2)cc1. The number of aliphatic imine (C=N–C) groups is 1. The average Bonchev–Trinajstić information content (AvgIpc) is 3.10. The average molecular weight is 319 g/mol. The molecular formula is C21H21NO2. The van der Waals surface area contributed by atoms with Gasteiger partial charge in [-0.3, -0.25) is 4.99 Å². The molecule has 0 aliphatic carbocycles. The van der Waals surface area contributed by atoms with Crippen LogP contribution in [0.25, 0.3) is 11.8 Å². The van der Waals surface area contributed by atoms with Gasteiger partial charge < -0.3 is 9.47 Å². The Labute approximate surface area is 143 Å². The van der Waals surface area contributed by atoms with Gasteiger partial charge in [0, 0.05) is 17.7 Å². The summed E-state index contributed by atoms with van der Waals surface area (Å²) in [5.74, 6) is 1.76. The molecule has 24 heavy (non-hydrogen) atoms. The highest BCUT2D eigenvalue weighted by Gasteiger charge is 2.08. The number of allylic oxidation sites excluding steroid dienone is 2. The number of hydrogen-bond acceptors (Lipinski definition) is 3. The van der Waals surface area contributed by atoms with Crippen LogP contribution in [0, 0.1) is 0 Å². The first-order chi connectivity index (χ1) is 11.8. The van der Waals surface area contributed by atoms with Crippen LogP contribution in [0.5, 0.6) is 11.5 Å². The molecule has 2 aromatic carbocycles. The van der Waals surface area contributed by atoms with Gasteiger partial charge in [0.05, 0.1) is 19.4 Å². The van der Waals surface area contributed by atoms with Crippen molar-refractivity contribution < 1.29 is 9.47 Å². The van der Waals surface area contributed by atoms with Crippen molar-refractivity contribution in [3.63, 3.8) is 0 Å². The Hall–Kier alpha value is -2.81. The number of rotatable bonds is 6. The topological polar surface area (TPSA) is 30.8 Å². The third-order valence-electron chi connectivity index (χ3n) is 3.81. The molecule has 0 unspecified atom stereocenters. The van der Waals surface area contributed by atoms with E-state index in [9.17, 15) is 0 Å². The monoisotopic (exact) mass is 319 g/mol. The van der Waals surface area contributed by atoms with E-state index in [4.69, 9.17) is 14.5 Å². The Morgan fingerprint density at radius 2 is 1.67 bits per heavy atom. The molecule has 1 aliphatic heterocycles. The summed E-state index contributed by atoms with van der Waals surface area (Å²) in [6.07, 6.45) is 7.16. The van der Waals surface area contributed by atoms with Crippen molar-refractivity contribution in [2.24, 2.45) is 4.99 Å². The van der Waals surface area contributed by atoms with Crippen LogP contribution in [0.2, 0.25) is 0 Å². The Bertz CT molecular complexity index is 768. The number of ether oxygens (including phenoxy) is 2. The van der Waals surface area contributed by atoms with Gasteiger partial charge in [0.25, 0.3) is 0 Å². The van der Waals surface area contributed by atoms with Crippen molar-refractivity contribution >= 4 is 17.5 Å². The summed E-state index contributed by atoms with van der Waals surface area (Å²) in [6.45, 7) is 2.67. The van der Waals surface area contributed by atoms with E-state index in [-0.39, 0.29) is 0 Å². The lowest BCUT2D eigenvalue weighted by Gasteiger charge is -2.02. The molecule has 1 aliphatic rings. The van der Waals surface area contributed by atoms with Gasteiger partial charge in [-0.15, -0.1) is 0 Å². The van der Waals surface area contributed by atoms with Gasteiger partial charge >= 0.3 is 0 Å². The van der Waals surface area contributed by atoms with Gasteiger partial charge in [0.15, 0.2) is 0 Å². The molecule has 0 atom stereocenters. The van der Waals surface area contributed by atoms with Crippen molar-refractivity contribution in [3.8, 4) is 11.5 Å². The number of nitrogens with zero attached hydrogens (tertiary/aromatic N) is 1. The highest BCUT2D eigenvalue weighted by Crippen LogP contribution is 2.25. The molecule has 2 aromatic rings. The van der Waals surface area contributed by atoms with Crippen molar-refractivity contribution in [2.75, 3.05) is 13.7 Å². The summed E-state index contributed by atoms with van der Waals surface area (Å²) >= 11 is 0. The lowest BCUT2D eigenvalue weighted by molar-refractivity contribution is 0.340. The van der Waals surface area contributed by atoms with Crippen LogP contribution in [0.4, 0.5) is 0 Å². The molecule has 0 amide bonds. The molecule has 3 nitrogen and oxygen atoms in total. The van der Waals surface area contributed by atoms with E-state index in [1.54, 1.807) is 7.11 Å². The maximum Gasteiger partial charge on any atom is 0.119 e. The first kappa shape index (κ1) is 16.1. The van der Waals surface area contributed by atoms with Gasteiger partial charge in [0.1, 0.15) is 11.5 Å². The Kier molecular flexibility index (Phi) is 5.12. The lowest BCUT2D eigenvalue weighted by Crippen LogP contribution is -1.90. The molecule has 3 rings (SSSR count). The third-order valence-corrected chi connectivity index (χ3v) is 3.81. The summed E-state index contributed by atoms with van der Waals surface area (Å²) in [6, 6.07) is 16.1. The second kappa shape index (κ2) is 7.64. The second-order valence-electron chi connectivity index (χ2n) is 5.46. The predicted molar refractivity (Wildman–Crippen MR) is 99.7 cm³/mol. The fraction of sp³-hybridized carbons (Fsp3) is 0.190. The molecule has 0 N–H and O–H groups in total. The Balaban J connectivity index is 1.66. The minimum Gasteiger partial charge on any atom is -0.497 e. The molecule has 1 heterocycles. The normalized spacial score (nSPS) is 13.8. The van der Waals surface area contributed by atoms with Gasteiger partial charge in [-0.1, -0.05) is 24.3 Å². The molecule has 3 heteroatoms. The van der Waals surface area contributed by atoms with Gasteiger partial charge in [-0.2, -0.15) is 0 Å². The minimum atomic E-state index is 0.686. The zero-order chi connectivity index (χ0) is 16.8. The maximum atomic E-state index is 5.45. The van der Waals surface area contributed by atoms with E-state index in [2.05, 4.69) is 30.4 Å². The third kappa shape index (κ3) is 3.93. The molecule has 0 spiro atoms. The van der Waals surface area contributed by atoms with Crippen LogP contribution < -0.4 is 9.47 Å². The van der Waals surface area contributed by atoms with E-state index >= 15 is 0 Å². The smallest absolute Gasteiger partial charge is 0.119 e. The van der Waals surface area contributed by atoms with Crippen LogP contribution >= 0.6 is 0 Å². The molecule has 0 radical (unpaired) electrons. The Morgan fingerprint density at radius 1 is 0.958 bits per heavy atom. The molecule has 122 valence electrons. The van der Waals surface area contributed by atoms with Gasteiger partial charge in [-0.25, -0.2) is 0 Å². The maximum absolute atomic E-state index is 5.45. The largest absolute Gasteiger partial charge is 0.497 e. The summed E-state index contributed by atoms with van der Waals surface area (Å²) in [5.41, 5.74) is 4.33. The number of hydrogen-bond donors (Lipinski definition) is 0. The van der Waals surface area contributed by atoms with E-state index in [1.165, 1.54) is 0 Å². The first-order valence-electron chi connectivity index (χ1n) is 8.11. The summed E-state index contributed by atoms with van der Waals surface area (Å²) in [5, 5.41) is 0. The summed E-state index contributed by atoms with van der Waals surface area (Å²) in [4.78, 5) is 4.70. The van der Waals surface area contributed by atoms with Crippen LogP contribution in [-0.2, 0) is 0 Å². The fourth-order valence-electron chi connectivity index (χ4n) is 2.53. The standard InChI is InChI=1S/C21H21NO2/c1-3-24-20-11-5-16(6-12-20)4-9-18-10-15-21(22-18)17-7-13-19(23-2)14-8-17/h4-9,11-15H,3,10H2,1-2H3/b9-4+. The zero-order valence-electron chi connectivity index (χ0n) is 14.0. The van der Waals surface area contributed by atoms with Gasteiger partial charge in [0.2, 0.25) is 0 Å². The summed E-state index contributed by atoms with van der Waals surface area (Å²) in [7, 11) is 1.67. The van der Waals surface area contributed by atoms with Crippen LogP contribution in [-0.4, -0.2) is 19.4 Å². The summed E-state index contributed by atoms with van der Waals surface area (Å²) < 4.78 is 10.6. The quantitative estimate of drug-likeness (QED) is 0.750. The lowest BCUT2D eigenvalue weighted by atomic mass is 10.1. The number of benzene rings is 2. The van der Waals surface area contributed by atoms with Crippen molar-refractivity contribution in [1.82, 2.24) is 0 Å². The molecular weight excluding hydrogens is 298 g/mol. The molecule has 0 fully saturated rings. The van der Waals surface area contributed by atoms with Crippen molar-refractivity contribution in [3.05, 3.63) is 71.8 Å².